The number of nitrogens with zero attached hydrogens (tertiary/aromatic N) is 1. The van der Waals surface area contributed by atoms with Gasteiger partial charge in [-0.1, -0.05) is 30.3 Å². The van der Waals surface area contributed by atoms with Crippen molar-refractivity contribution in [2.45, 2.75) is 18.8 Å². The maximum atomic E-state index is 11.6. The van der Waals surface area contributed by atoms with Crippen LogP contribution in [0.3, 0.4) is 0 Å². The molecule has 0 aromatic heterocycles. The van der Waals surface area contributed by atoms with E-state index in [2.05, 4.69) is 0 Å². The van der Waals surface area contributed by atoms with Crippen molar-refractivity contribution in [3.63, 3.8) is 0 Å². The third-order valence-electron chi connectivity index (χ3n) is 3.39. The molecule has 0 spiro atoms. The molecule has 2 rings (SSSR count). The molecule has 0 amide bonds. The number of esters is 1. The third-order valence-corrected chi connectivity index (χ3v) is 3.39. The molecule has 0 unspecified atom stereocenters. The van der Waals surface area contributed by atoms with Crippen molar-refractivity contribution in [3.05, 3.63) is 35.9 Å². The minimum atomic E-state index is -0.395. The summed E-state index contributed by atoms with van der Waals surface area (Å²) < 4.78 is 15.7. The molecule has 0 radical (unpaired) electrons. The van der Waals surface area contributed by atoms with Gasteiger partial charge in [0, 0.05) is 14.2 Å². The Bertz CT molecular complexity index is 427. The lowest BCUT2D eigenvalue weighted by molar-refractivity contribution is -0.182. The first-order valence-corrected chi connectivity index (χ1v) is 6.86. The highest BCUT2D eigenvalue weighted by atomic mass is 16.7. The van der Waals surface area contributed by atoms with E-state index in [0.717, 1.165) is 5.56 Å². The fourth-order valence-corrected chi connectivity index (χ4v) is 2.19. The van der Waals surface area contributed by atoms with E-state index >= 15 is 0 Å². The third kappa shape index (κ3) is 4.78. The Morgan fingerprint density at radius 3 is 2.33 bits per heavy atom. The fourth-order valence-electron chi connectivity index (χ4n) is 2.19. The van der Waals surface area contributed by atoms with E-state index in [9.17, 15) is 4.79 Å². The minimum absolute atomic E-state index is 0.0460. The first kappa shape index (κ1) is 15.9. The van der Waals surface area contributed by atoms with E-state index in [-0.39, 0.29) is 25.4 Å². The molecule has 1 aliphatic heterocycles. The van der Waals surface area contributed by atoms with Gasteiger partial charge < -0.3 is 14.2 Å². The van der Waals surface area contributed by atoms with Crippen LogP contribution in [0.25, 0.3) is 0 Å². The first-order valence-electron chi connectivity index (χ1n) is 6.86. The predicted molar refractivity (Wildman–Crippen MR) is 75.4 cm³/mol. The predicted octanol–water partition coefficient (Wildman–Crippen LogP) is 1.01. The van der Waals surface area contributed by atoms with E-state index < -0.39 is 5.97 Å². The molecule has 1 aliphatic rings. The van der Waals surface area contributed by atoms with Crippen LogP contribution < -0.4 is 0 Å². The number of hydroxylamine groups is 2. The van der Waals surface area contributed by atoms with Crippen molar-refractivity contribution in [1.82, 2.24) is 5.06 Å². The maximum absolute atomic E-state index is 11.6. The average molecular weight is 295 g/mol. The molecular formula is C15H21NO5. The van der Waals surface area contributed by atoms with Gasteiger partial charge in [0.25, 0.3) is 0 Å². The number of rotatable bonds is 7. The zero-order valence-corrected chi connectivity index (χ0v) is 12.4. The minimum Gasteiger partial charge on any atom is -0.459 e. The van der Waals surface area contributed by atoms with Crippen molar-refractivity contribution >= 4 is 5.97 Å². The Morgan fingerprint density at radius 1 is 1.14 bits per heavy atom. The van der Waals surface area contributed by atoms with Crippen LogP contribution in [0.5, 0.6) is 0 Å². The van der Waals surface area contributed by atoms with Crippen molar-refractivity contribution in [1.29, 1.82) is 0 Å². The molecule has 1 heterocycles. The summed E-state index contributed by atoms with van der Waals surface area (Å²) in [5.74, 6) is -0.395. The van der Waals surface area contributed by atoms with E-state index in [1.54, 1.807) is 19.3 Å². The van der Waals surface area contributed by atoms with Crippen LogP contribution in [0.2, 0.25) is 0 Å². The summed E-state index contributed by atoms with van der Waals surface area (Å²) >= 11 is 0. The smallest absolute Gasteiger partial charge is 0.334 e. The van der Waals surface area contributed by atoms with Crippen LogP contribution in [0.1, 0.15) is 5.56 Å². The summed E-state index contributed by atoms with van der Waals surface area (Å²) in [5, 5.41) is 1.67. The molecule has 0 N–H and O–H groups in total. The van der Waals surface area contributed by atoms with Gasteiger partial charge in [0.15, 0.2) is 6.61 Å². The summed E-state index contributed by atoms with van der Waals surface area (Å²) in [7, 11) is 3.27. The second-order valence-corrected chi connectivity index (χ2v) is 4.81. The van der Waals surface area contributed by atoms with Gasteiger partial charge >= 0.3 is 5.97 Å². The Morgan fingerprint density at radius 2 is 1.76 bits per heavy atom. The van der Waals surface area contributed by atoms with Gasteiger partial charge in [-0.05, 0) is 5.56 Å². The Hall–Kier alpha value is -1.47. The molecule has 6 heteroatoms. The quantitative estimate of drug-likeness (QED) is 0.700. The summed E-state index contributed by atoms with van der Waals surface area (Å²) in [6, 6.07) is 9.53. The second-order valence-electron chi connectivity index (χ2n) is 4.81. The number of benzene rings is 1. The molecule has 0 aliphatic carbocycles. The lowest BCUT2D eigenvalue weighted by Gasteiger charge is -2.14. The molecule has 1 aromatic carbocycles. The molecular weight excluding hydrogens is 274 g/mol. The molecule has 1 fully saturated rings. The molecule has 116 valence electrons. The summed E-state index contributed by atoms with van der Waals surface area (Å²) in [4.78, 5) is 17.1. The van der Waals surface area contributed by atoms with Gasteiger partial charge in [0.1, 0.15) is 6.61 Å². The zero-order chi connectivity index (χ0) is 15.1. The summed E-state index contributed by atoms with van der Waals surface area (Å²) in [5.41, 5.74) is 0.950. The first-order chi connectivity index (χ1) is 10.2. The highest BCUT2D eigenvalue weighted by Gasteiger charge is 2.34. The molecule has 6 nitrogen and oxygen atoms in total. The van der Waals surface area contributed by atoms with E-state index in [1.165, 1.54) is 0 Å². The Labute approximate surface area is 124 Å². The van der Waals surface area contributed by atoms with Crippen LogP contribution in [0.4, 0.5) is 0 Å². The van der Waals surface area contributed by atoms with Crippen LogP contribution in [0, 0.1) is 0 Å². The van der Waals surface area contributed by atoms with Crippen LogP contribution in [0.15, 0.2) is 30.3 Å². The van der Waals surface area contributed by atoms with Gasteiger partial charge in [-0.3, -0.25) is 4.84 Å². The lowest BCUT2D eigenvalue weighted by Crippen LogP contribution is -2.27. The van der Waals surface area contributed by atoms with Crippen molar-refractivity contribution in [2.75, 3.05) is 33.9 Å². The maximum Gasteiger partial charge on any atom is 0.334 e. The SMILES string of the molecule is CO[C@H]1CN(OCC(=O)OCc2ccccc2)C[C@H]1OC. The number of carbonyl (C=O) groups is 1. The molecule has 21 heavy (non-hydrogen) atoms. The number of hydrogen-bond acceptors (Lipinski definition) is 6. The van der Waals surface area contributed by atoms with Crippen LogP contribution in [-0.4, -0.2) is 57.2 Å². The van der Waals surface area contributed by atoms with Crippen molar-refractivity contribution < 1.29 is 23.8 Å². The lowest BCUT2D eigenvalue weighted by atomic mass is 10.2. The van der Waals surface area contributed by atoms with E-state index in [1.807, 2.05) is 30.3 Å². The van der Waals surface area contributed by atoms with Crippen LogP contribution in [-0.2, 0) is 30.4 Å². The molecule has 2 atom stereocenters. The largest absolute Gasteiger partial charge is 0.459 e. The monoisotopic (exact) mass is 295 g/mol. The Balaban J connectivity index is 1.67. The fraction of sp³-hybridized carbons (Fsp3) is 0.533. The molecule has 1 aromatic rings. The average Bonchev–Trinajstić information content (AvgIpc) is 2.94. The van der Waals surface area contributed by atoms with Crippen LogP contribution >= 0.6 is 0 Å². The molecule has 1 saturated heterocycles. The highest BCUT2D eigenvalue weighted by molar-refractivity contribution is 5.70. The number of methoxy groups -OCH3 is 2. The van der Waals surface area contributed by atoms with Crippen molar-refractivity contribution in [2.24, 2.45) is 0 Å². The highest BCUT2D eigenvalue weighted by Crippen LogP contribution is 2.15. The van der Waals surface area contributed by atoms with Gasteiger partial charge in [-0.15, -0.1) is 0 Å². The zero-order valence-electron chi connectivity index (χ0n) is 12.4. The molecule has 0 saturated carbocycles. The standard InChI is InChI=1S/C15H21NO5/c1-18-13-8-16(9-14(13)19-2)21-11-15(17)20-10-12-6-4-3-5-7-12/h3-7,13-14H,8-11H2,1-2H3/t13-,14+. The van der Waals surface area contributed by atoms with Gasteiger partial charge in [0.05, 0.1) is 25.3 Å². The van der Waals surface area contributed by atoms with E-state index in [0.29, 0.717) is 13.1 Å². The topological polar surface area (TPSA) is 57.2 Å². The van der Waals surface area contributed by atoms with E-state index in [4.69, 9.17) is 19.0 Å². The van der Waals surface area contributed by atoms with Gasteiger partial charge in [0.2, 0.25) is 0 Å². The number of carbonyl (C=O) groups excluding carboxylic acids is 1. The number of hydrogen-bond donors (Lipinski definition) is 0. The van der Waals surface area contributed by atoms with Gasteiger partial charge in [-0.25, -0.2) is 4.79 Å². The number of ether oxygens (including phenoxy) is 3. The van der Waals surface area contributed by atoms with Gasteiger partial charge in [-0.2, -0.15) is 5.06 Å². The second kappa shape index (κ2) is 8.09. The van der Waals surface area contributed by atoms with Crippen molar-refractivity contribution in [3.8, 4) is 0 Å². The summed E-state index contributed by atoms with van der Waals surface area (Å²) in [6.07, 6.45) is -0.0920. The molecule has 0 bridgehead atoms. The normalized spacial score (nSPS) is 22.4. The summed E-state index contributed by atoms with van der Waals surface area (Å²) in [6.45, 7) is 1.28. The Kier molecular flexibility index (Phi) is 6.13.